The van der Waals surface area contributed by atoms with E-state index in [0.29, 0.717) is 0 Å². The molecular formula is C16H22N4. The zero-order chi connectivity index (χ0) is 13.9. The van der Waals surface area contributed by atoms with Crippen molar-refractivity contribution in [3.8, 4) is 0 Å². The number of anilines is 1. The average molecular weight is 270 g/mol. The smallest absolute Gasteiger partial charge is 0.148 e. The lowest BCUT2D eigenvalue weighted by atomic mass is 10.3. The van der Waals surface area contributed by atoms with Gasteiger partial charge in [-0.25, -0.2) is 9.97 Å². The number of para-hydroxylation sites is 2. The Morgan fingerprint density at radius 2 is 1.90 bits per heavy atom. The van der Waals surface area contributed by atoms with Gasteiger partial charge in [-0.15, -0.1) is 0 Å². The van der Waals surface area contributed by atoms with Gasteiger partial charge in [0.2, 0.25) is 0 Å². The number of nitrogens with one attached hydrogen (secondary N) is 1. The topological polar surface area (TPSA) is 41.0 Å². The summed E-state index contributed by atoms with van der Waals surface area (Å²) in [4.78, 5) is 11.8. The Morgan fingerprint density at radius 1 is 1.20 bits per heavy atom. The van der Waals surface area contributed by atoms with Crippen LogP contribution in [0.5, 0.6) is 0 Å². The molecule has 4 heteroatoms. The number of aryl methyl sites for hydroxylation is 1. The van der Waals surface area contributed by atoms with Gasteiger partial charge in [-0.1, -0.05) is 19.1 Å². The van der Waals surface area contributed by atoms with Crippen LogP contribution in [0, 0.1) is 6.92 Å². The third-order valence-corrected chi connectivity index (χ3v) is 3.91. The van der Waals surface area contributed by atoms with E-state index in [1.54, 1.807) is 0 Å². The summed E-state index contributed by atoms with van der Waals surface area (Å²) < 4.78 is 0. The Labute approximate surface area is 120 Å². The third kappa shape index (κ3) is 2.90. The number of rotatable bonds is 6. The van der Waals surface area contributed by atoms with Crippen molar-refractivity contribution < 1.29 is 0 Å². The van der Waals surface area contributed by atoms with Gasteiger partial charge in [0.25, 0.3) is 0 Å². The molecule has 4 nitrogen and oxygen atoms in total. The molecule has 20 heavy (non-hydrogen) atoms. The monoisotopic (exact) mass is 270 g/mol. The highest BCUT2D eigenvalue weighted by Crippen LogP contribution is 2.26. The van der Waals surface area contributed by atoms with Crippen molar-refractivity contribution in [3.63, 3.8) is 0 Å². The van der Waals surface area contributed by atoms with Gasteiger partial charge in [0.05, 0.1) is 16.7 Å². The van der Waals surface area contributed by atoms with Crippen LogP contribution in [0.3, 0.4) is 0 Å². The fraction of sp³-hybridized carbons (Fsp3) is 0.500. The molecule has 1 aliphatic rings. The Balaban J connectivity index is 1.66. The lowest BCUT2D eigenvalue weighted by molar-refractivity contribution is 0.289. The molecule has 0 unspecified atom stereocenters. The second-order valence-corrected chi connectivity index (χ2v) is 5.43. The summed E-state index contributed by atoms with van der Waals surface area (Å²) in [6.45, 7) is 7.39. The minimum absolute atomic E-state index is 0.825. The van der Waals surface area contributed by atoms with Crippen LogP contribution < -0.4 is 5.32 Å². The lowest BCUT2D eigenvalue weighted by Crippen LogP contribution is -2.31. The maximum absolute atomic E-state index is 4.67. The normalized spacial score (nSPS) is 14.9. The SMILES string of the molecule is CCN(CCNc1nc2ccccc2nc1C)C1CC1. The summed E-state index contributed by atoms with van der Waals surface area (Å²) in [5.41, 5.74) is 2.89. The van der Waals surface area contributed by atoms with E-state index < -0.39 is 0 Å². The van der Waals surface area contributed by atoms with Crippen LogP contribution in [0.25, 0.3) is 11.0 Å². The molecule has 0 spiro atoms. The van der Waals surface area contributed by atoms with Crippen LogP contribution >= 0.6 is 0 Å². The standard InChI is InChI=1S/C16H22N4/c1-3-20(13-8-9-13)11-10-17-16-12(2)18-14-6-4-5-7-15(14)19-16/h4-7,13H,3,8-11H2,1-2H3,(H,17,19). The first kappa shape index (κ1) is 13.3. The molecule has 1 fully saturated rings. The number of aromatic nitrogens is 2. The Hall–Kier alpha value is -1.68. The van der Waals surface area contributed by atoms with Crippen molar-refractivity contribution in [1.29, 1.82) is 0 Å². The van der Waals surface area contributed by atoms with E-state index in [0.717, 1.165) is 48.2 Å². The molecule has 3 rings (SSSR count). The van der Waals surface area contributed by atoms with Gasteiger partial charge < -0.3 is 5.32 Å². The molecule has 1 heterocycles. The van der Waals surface area contributed by atoms with Crippen LogP contribution in [-0.2, 0) is 0 Å². The van der Waals surface area contributed by atoms with Crippen molar-refractivity contribution in [2.45, 2.75) is 32.7 Å². The zero-order valence-electron chi connectivity index (χ0n) is 12.3. The van der Waals surface area contributed by atoms with Gasteiger partial charge >= 0.3 is 0 Å². The first-order chi connectivity index (χ1) is 9.78. The molecule has 1 aliphatic carbocycles. The first-order valence-corrected chi connectivity index (χ1v) is 7.49. The molecule has 1 saturated carbocycles. The van der Waals surface area contributed by atoms with Crippen molar-refractivity contribution in [2.24, 2.45) is 0 Å². The second kappa shape index (κ2) is 5.75. The largest absolute Gasteiger partial charge is 0.367 e. The fourth-order valence-electron chi connectivity index (χ4n) is 2.61. The van der Waals surface area contributed by atoms with E-state index in [-0.39, 0.29) is 0 Å². The maximum Gasteiger partial charge on any atom is 0.148 e. The first-order valence-electron chi connectivity index (χ1n) is 7.49. The van der Waals surface area contributed by atoms with E-state index in [1.807, 2.05) is 31.2 Å². The molecule has 1 aromatic carbocycles. The molecule has 0 atom stereocenters. The average Bonchev–Trinajstić information content (AvgIpc) is 3.28. The molecule has 106 valence electrons. The molecular weight excluding hydrogens is 248 g/mol. The molecule has 0 saturated heterocycles. The van der Waals surface area contributed by atoms with E-state index in [4.69, 9.17) is 0 Å². The van der Waals surface area contributed by atoms with Gasteiger partial charge in [0.1, 0.15) is 5.82 Å². The highest BCUT2D eigenvalue weighted by molar-refractivity contribution is 5.76. The van der Waals surface area contributed by atoms with Gasteiger partial charge in [-0.2, -0.15) is 0 Å². The minimum Gasteiger partial charge on any atom is -0.367 e. The van der Waals surface area contributed by atoms with Gasteiger partial charge in [-0.3, -0.25) is 4.90 Å². The summed E-state index contributed by atoms with van der Waals surface area (Å²) in [5, 5.41) is 3.44. The Kier molecular flexibility index (Phi) is 3.83. The third-order valence-electron chi connectivity index (χ3n) is 3.91. The Morgan fingerprint density at radius 3 is 2.55 bits per heavy atom. The quantitative estimate of drug-likeness (QED) is 0.876. The van der Waals surface area contributed by atoms with Crippen molar-refractivity contribution in [1.82, 2.24) is 14.9 Å². The minimum atomic E-state index is 0.825. The molecule has 0 aliphatic heterocycles. The highest BCUT2D eigenvalue weighted by atomic mass is 15.2. The molecule has 0 radical (unpaired) electrons. The van der Waals surface area contributed by atoms with Crippen LogP contribution in [0.4, 0.5) is 5.82 Å². The van der Waals surface area contributed by atoms with E-state index in [2.05, 4.69) is 27.1 Å². The lowest BCUT2D eigenvalue weighted by Gasteiger charge is -2.20. The summed E-state index contributed by atoms with van der Waals surface area (Å²) in [6.07, 6.45) is 2.73. The van der Waals surface area contributed by atoms with E-state index in [9.17, 15) is 0 Å². The van der Waals surface area contributed by atoms with Crippen LogP contribution in [0.2, 0.25) is 0 Å². The molecule has 1 N–H and O–H groups in total. The van der Waals surface area contributed by atoms with Gasteiger partial charge in [0, 0.05) is 19.1 Å². The number of hydrogen-bond donors (Lipinski definition) is 1. The van der Waals surface area contributed by atoms with Crippen molar-refractivity contribution >= 4 is 16.9 Å². The van der Waals surface area contributed by atoms with E-state index in [1.165, 1.54) is 12.8 Å². The van der Waals surface area contributed by atoms with Gasteiger partial charge in [0.15, 0.2) is 0 Å². The zero-order valence-corrected chi connectivity index (χ0v) is 12.3. The summed E-state index contributed by atoms with van der Waals surface area (Å²) in [6, 6.07) is 8.84. The number of hydrogen-bond acceptors (Lipinski definition) is 4. The van der Waals surface area contributed by atoms with Crippen molar-refractivity contribution in [3.05, 3.63) is 30.0 Å². The van der Waals surface area contributed by atoms with Crippen LogP contribution in [-0.4, -0.2) is 40.5 Å². The maximum atomic E-state index is 4.67. The van der Waals surface area contributed by atoms with E-state index >= 15 is 0 Å². The predicted molar refractivity (Wildman–Crippen MR) is 83.0 cm³/mol. The number of nitrogens with zero attached hydrogens (tertiary/aromatic N) is 3. The summed E-state index contributed by atoms with van der Waals surface area (Å²) in [7, 11) is 0. The van der Waals surface area contributed by atoms with Crippen LogP contribution in [0.15, 0.2) is 24.3 Å². The number of fused-ring (bicyclic) bond motifs is 1. The summed E-state index contributed by atoms with van der Waals surface area (Å²) in [5.74, 6) is 0.913. The van der Waals surface area contributed by atoms with Crippen LogP contribution in [0.1, 0.15) is 25.5 Å². The predicted octanol–water partition coefficient (Wildman–Crippen LogP) is 2.83. The second-order valence-electron chi connectivity index (χ2n) is 5.43. The van der Waals surface area contributed by atoms with Crippen molar-refractivity contribution in [2.75, 3.05) is 25.0 Å². The number of benzene rings is 1. The highest BCUT2D eigenvalue weighted by Gasteiger charge is 2.27. The fourth-order valence-corrected chi connectivity index (χ4v) is 2.61. The summed E-state index contributed by atoms with van der Waals surface area (Å²) >= 11 is 0. The number of likely N-dealkylation sites (N-methyl/N-ethyl adjacent to an activating group) is 1. The molecule has 0 amide bonds. The Bertz CT molecular complexity index is 592. The molecule has 2 aromatic rings. The molecule has 1 aromatic heterocycles. The molecule has 0 bridgehead atoms. The van der Waals surface area contributed by atoms with Gasteiger partial charge in [-0.05, 0) is 38.4 Å².